The lowest BCUT2D eigenvalue weighted by atomic mass is 9.84. The first-order valence-corrected chi connectivity index (χ1v) is 14.6. The molecule has 2 amide bonds. The van der Waals surface area contributed by atoms with Crippen molar-refractivity contribution in [1.29, 1.82) is 0 Å². The minimum Gasteiger partial charge on any atom is -0.463 e. The third kappa shape index (κ3) is 8.16. The first-order chi connectivity index (χ1) is 18.5. The zero-order valence-electron chi connectivity index (χ0n) is 22.6. The molecule has 7 heteroatoms. The normalized spacial score (nSPS) is 27.8. The molecule has 2 N–H and O–H groups in total. The van der Waals surface area contributed by atoms with E-state index in [0.717, 1.165) is 37.7 Å². The van der Waals surface area contributed by atoms with E-state index in [-0.39, 0.29) is 55.4 Å². The van der Waals surface area contributed by atoms with Gasteiger partial charge in [0.25, 0.3) is 0 Å². The van der Waals surface area contributed by atoms with Crippen LogP contribution in [0, 0.1) is 17.8 Å². The number of benzene rings is 1. The van der Waals surface area contributed by atoms with E-state index in [2.05, 4.69) is 5.32 Å². The van der Waals surface area contributed by atoms with Crippen molar-refractivity contribution in [3.05, 3.63) is 48.0 Å². The van der Waals surface area contributed by atoms with Gasteiger partial charge in [-0.2, -0.15) is 0 Å². The van der Waals surface area contributed by atoms with Gasteiger partial charge >= 0.3 is 5.97 Å². The Kier molecular flexibility index (Phi) is 10.8. The van der Waals surface area contributed by atoms with Gasteiger partial charge in [-0.15, -0.1) is 0 Å². The van der Waals surface area contributed by atoms with Crippen molar-refractivity contribution in [3.8, 4) is 0 Å². The topological polar surface area (TPSA) is 95.9 Å². The van der Waals surface area contributed by atoms with Gasteiger partial charge in [-0.3, -0.25) is 14.4 Å². The first kappa shape index (κ1) is 28.3. The number of likely N-dealkylation sites (tertiary alicyclic amines) is 1. The number of aliphatic hydroxyl groups excluding tert-OH is 1. The Hall–Kier alpha value is -2.67. The molecule has 4 atom stereocenters. The maximum absolute atomic E-state index is 13.5. The van der Waals surface area contributed by atoms with Crippen molar-refractivity contribution in [2.75, 3.05) is 19.8 Å². The number of rotatable bonds is 7. The summed E-state index contributed by atoms with van der Waals surface area (Å²) in [7, 11) is 0. The predicted molar refractivity (Wildman–Crippen MR) is 146 cm³/mol. The lowest BCUT2D eigenvalue weighted by Gasteiger charge is -2.29. The Labute approximate surface area is 227 Å². The molecule has 3 aliphatic rings. The van der Waals surface area contributed by atoms with Crippen LogP contribution in [0.5, 0.6) is 0 Å². The third-order valence-corrected chi connectivity index (χ3v) is 8.48. The summed E-state index contributed by atoms with van der Waals surface area (Å²) in [4.78, 5) is 41.5. The van der Waals surface area contributed by atoms with Crippen LogP contribution in [-0.4, -0.2) is 59.6 Å². The number of carbonyl (C=O) groups excluding carboxylic acids is 3. The van der Waals surface area contributed by atoms with Gasteiger partial charge in [0.15, 0.2) is 0 Å². The van der Waals surface area contributed by atoms with E-state index in [1.54, 1.807) is 4.90 Å². The molecule has 1 aromatic rings. The molecule has 4 rings (SSSR count). The van der Waals surface area contributed by atoms with Crippen molar-refractivity contribution in [3.63, 3.8) is 0 Å². The lowest BCUT2D eigenvalue weighted by molar-refractivity contribution is -0.150. The molecule has 2 aliphatic heterocycles. The summed E-state index contributed by atoms with van der Waals surface area (Å²) in [5, 5.41) is 12.8. The molecule has 0 bridgehead atoms. The Bertz CT molecular complexity index is 943. The second-order valence-electron chi connectivity index (χ2n) is 11.4. The molecular weight excluding hydrogens is 480 g/mol. The van der Waals surface area contributed by atoms with Crippen LogP contribution in [0.3, 0.4) is 0 Å². The van der Waals surface area contributed by atoms with Gasteiger partial charge < -0.3 is 20.1 Å². The molecule has 208 valence electrons. The van der Waals surface area contributed by atoms with Crippen molar-refractivity contribution in [2.45, 2.75) is 89.1 Å². The molecule has 2 fully saturated rings. The number of nitrogens with zero attached hydrogens (tertiary/aromatic N) is 1. The summed E-state index contributed by atoms with van der Waals surface area (Å²) in [6.45, 7) is 0.755. The van der Waals surface area contributed by atoms with E-state index in [9.17, 15) is 19.5 Å². The highest BCUT2D eigenvalue weighted by molar-refractivity contribution is 5.86. The van der Waals surface area contributed by atoms with Gasteiger partial charge in [0.1, 0.15) is 6.61 Å². The highest BCUT2D eigenvalue weighted by Crippen LogP contribution is 2.28. The number of ether oxygens (including phenoxy) is 1. The van der Waals surface area contributed by atoms with Crippen LogP contribution >= 0.6 is 0 Å². The second kappa shape index (κ2) is 14.5. The second-order valence-corrected chi connectivity index (χ2v) is 11.4. The number of esters is 1. The fourth-order valence-corrected chi connectivity index (χ4v) is 6.26. The van der Waals surface area contributed by atoms with Gasteiger partial charge in [-0.05, 0) is 50.0 Å². The van der Waals surface area contributed by atoms with E-state index in [4.69, 9.17) is 4.74 Å². The Morgan fingerprint density at radius 3 is 2.45 bits per heavy atom. The van der Waals surface area contributed by atoms with Crippen molar-refractivity contribution >= 4 is 17.8 Å². The first-order valence-electron chi connectivity index (χ1n) is 14.6. The summed E-state index contributed by atoms with van der Waals surface area (Å²) in [5.74, 6) is -0.724. The quantitative estimate of drug-likeness (QED) is 0.412. The summed E-state index contributed by atoms with van der Waals surface area (Å²) >= 11 is 0. The van der Waals surface area contributed by atoms with Gasteiger partial charge in [0.2, 0.25) is 11.8 Å². The Balaban J connectivity index is 1.49. The minimum absolute atomic E-state index is 0.0415. The highest BCUT2D eigenvalue weighted by atomic mass is 16.5. The van der Waals surface area contributed by atoms with Crippen LogP contribution in [0.15, 0.2) is 42.5 Å². The fraction of sp³-hybridized carbons (Fsp3) is 0.645. The maximum Gasteiger partial charge on any atom is 0.309 e. The van der Waals surface area contributed by atoms with Gasteiger partial charge in [0, 0.05) is 13.0 Å². The highest BCUT2D eigenvalue weighted by Gasteiger charge is 2.33. The SMILES string of the molecule is O=C1NC(CC2CCCCC2)COC(=O)C(Cc2ccccc2)CC=CCC1CC(=O)N1CCCC1CO. The number of allylic oxidation sites excluding steroid dienone is 2. The zero-order chi connectivity index (χ0) is 26.7. The van der Waals surface area contributed by atoms with Crippen LogP contribution in [0.1, 0.15) is 76.2 Å². The molecule has 4 unspecified atom stereocenters. The molecular formula is C31H44N2O5. The largest absolute Gasteiger partial charge is 0.463 e. The number of cyclic esters (lactones) is 1. The predicted octanol–water partition coefficient (Wildman–Crippen LogP) is 4.18. The van der Waals surface area contributed by atoms with Crippen LogP contribution in [0.2, 0.25) is 0 Å². The molecule has 0 aromatic heterocycles. The number of aliphatic hydroxyl groups is 1. The van der Waals surface area contributed by atoms with E-state index in [1.807, 2.05) is 42.5 Å². The molecule has 7 nitrogen and oxygen atoms in total. The van der Waals surface area contributed by atoms with Gasteiger partial charge in [-0.25, -0.2) is 0 Å². The van der Waals surface area contributed by atoms with E-state index >= 15 is 0 Å². The van der Waals surface area contributed by atoms with E-state index < -0.39 is 5.92 Å². The third-order valence-electron chi connectivity index (χ3n) is 8.48. The number of carbonyl (C=O) groups is 3. The standard InChI is InChI=1S/C31H44N2O5/c34-21-28-16-9-17-33(28)29(35)20-25-14-7-8-15-26(18-23-10-3-1-4-11-23)31(37)38-22-27(32-30(25)36)19-24-12-5-2-6-13-24/h1,3-4,7-8,10-11,24-28,34H,2,5-6,9,12-22H2,(H,32,36). The van der Waals surface area contributed by atoms with Crippen molar-refractivity contribution in [1.82, 2.24) is 10.2 Å². The Morgan fingerprint density at radius 1 is 0.974 bits per heavy atom. The summed E-state index contributed by atoms with van der Waals surface area (Å²) in [5.41, 5.74) is 1.09. The van der Waals surface area contributed by atoms with Crippen LogP contribution in [0.25, 0.3) is 0 Å². The molecule has 1 aliphatic carbocycles. The van der Waals surface area contributed by atoms with Crippen LogP contribution in [0.4, 0.5) is 0 Å². The minimum atomic E-state index is -0.491. The summed E-state index contributed by atoms with van der Waals surface area (Å²) in [6.07, 6.45) is 14.0. The van der Waals surface area contributed by atoms with Crippen LogP contribution < -0.4 is 5.32 Å². The van der Waals surface area contributed by atoms with Gasteiger partial charge in [-0.1, -0.05) is 74.6 Å². The van der Waals surface area contributed by atoms with Gasteiger partial charge in [0.05, 0.1) is 30.5 Å². The average molecular weight is 525 g/mol. The van der Waals surface area contributed by atoms with Crippen molar-refractivity contribution in [2.24, 2.45) is 17.8 Å². The smallest absolute Gasteiger partial charge is 0.309 e. The molecule has 2 heterocycles. The number of amides is 2. The van der Waals surface area contributed by atoms with E-state index in [1.165, 1.54) is 19.3 Å². The fourth-order valence-electron chi connectivity index (χ4n) is 6.26. The monoisotopic (exact) mass is 524 g/mol. The summed E-state index contributed by atoms with van der Waals surface area (Å²) in [6, 6.07) is 9.57. The number of hydrogen-bond acceptors (Lipinski definition) is 5. The zero-order valence-corrected chi connectivity index (χ0v) is 22.6. The molecule has 0 spiro atoms. The molecule has 1 saturated heterocycles. The van der Waals surface area contributed by atoms with Crippen molar-refractivity contribution < 1.29 is 24.2 Å². The molecule has 1 saturated carbocycles. The summed E-state index contributed by atoms with van der Waals surface area (Å²) < 4.78 is 5.84. The van der Waals surface area contributed by atoms with Crippen LogP contribution in [-0.2, 0) is 25.5 Å². The molecule has 1 aromatic carbocycles. The Morgan fingerprint density at radius 2 is 1.71 bits per heavy atom. The number of nitrogens with one attached hydrogen (secondary N) is 1. The molecule has 0 radical (unpaired) electrons. The maximum atomic E-state index is 13.5. The lowest BCUT2D eigenvalue weighted by Crippen LogP contribution is -2.45. The van der Waals surface area contributed by atoms with E-state index in [0.29, 0.717) is 31.7 Å². The molecule has 38 heavy (non-hydrogen) atoms. The number of hydrogen-bond donors (Lipinski definition) is 2. The average Bonchev–Trinajstić information content (AvgIpc) is 3.42.